The first-order valence-corrected chi connectivity index (χ1v) is 5.29. The second-order valence-corrected chi connectivity index (χ2v) is 3.62. The van der Waals surface area contributed by atoms with E-state index in [2.05, 4.69) is 16.4 Å². The highest BCUT2D eigenvalue weighted by molar-refractivity contribution is 5.87. The Morgan fingerprint density at radius 3 is 3.00 bits per heavy atom. The van der Waals surface area contributed by atoms with Gasteiger partial charge in [-0.3, -0.25) is 4.79 Å². The van der Waals surface area contributed by atoms with Gasteiger partial charge in [-0.1, -0.05) is 0 Å². The summed E-state index contributed by atoms with van der Waals surface area (Å²) in [5.74, 6) is 5.93. The Morgan fingerprint density at radius 1 is 1.38 bits per heavy atom. The van der Waals surface area contributed by atoms with Crippen molar-refractivity contribution in [3.05, 3.63) is 36.0 Å². The summed E-state index contributed by atoms with van der Waals surface area (Å²) in [5, 5.41) is 1.11. The molecule has 2 rings (SSSR count). The Hall–Kier alpha value is -2.01. The number of nitrogens with zero attached hydrogens (tertiary/aromatic N) is 1. The molecule has 0 N–H and O–H groups in total. The first kappa shape index (κ1) is 10.5. The summed E-state index contributed by atoms with van der Waals surface area (Å²) >= 11 is 0. The lowest BCUT2D eigenvalue weighted by molar-refractivity contribution is 0.112. The summed E-state index contributed by atoms with van der Waals surface area (Å²) in [6.45, 7) is 2.74. The topological polar surface area (TPSA) is 22.0 Å². The second kappa shape index (κ2) is 4.67. The lowest BCUT2D eigenvalue weighted by Crippen LogP contribution is -1.94. The fraction of sp³-hybridized carbons (Fsp3) is 0.214. The molecule has 0 radical (unpaired) electrons. The van der Waals surface area contributed by atoms with Crippen molar-refractivity contribution in [3.8, 4) is 11.8 Å². The standard InChI is InChI=1S/C14H13NO/c1-2-3-4-8-15-9-7-13-10-12(11-16)5-6-14(13)15/h5-7,9-11H,4,8H2,1H3. The van der Waals surface area contributed by atoms with Crippen LogP contribution in [-0.2, 0) is 6.54 Å². The number of hydrogen-bond donors (Lipinski definition) is 0. The van der Waals surface area contributed by atoms with Gasteiger partial charge < -0.3 is 4.57 Å². The highest BCUT2D eigenvalue weighted by atomic mass is 16.1. The van der Waals surface area contributed by atoms with Crippen LogP contribution < -0.4 is 0 Å². The van der Waals surface area contributed by atoms with Crippen LogP contribution in [0.5, 0.6) is 0 Å². The molecule has 0 saturated carbocycles. The molecule has 2 nitrogen and oxygen atoms in total. The largest absolute Gasteiger partial charge is 0.347 e. The lowest BCUT2D eigenvalue weighted by atomic mass is 10.2. The monoisotopic (exact) mass is 211 g/mol. The zero-order valence-corrected chi connectivity index (χ0v) is 9.23. The third-order valence-corrected chi connectivity index (χ3v) is 2.59. The molecule has 0 fully saturated rings. The van der Waals surface area contributed by atoms with Gasteiger partial charge in [0.25, 0.3) is 0 Å². The van der Waals surface area contributed by atoms with Gasteiger partial charge in [-0.2, -0.15) is 0 Å². The number of aryl methyl sites for hydroxylation is 1. The van der Waals surface area contributed by atoms with Gasteiger partial charge in [-0.05, 0) is 31.2 Å². The fourth-order valence-electron chi connectivity index (χ4n) is 1.79. The van der Waals surface area contributed by atoms with Crippen LogP contribution in [0, 0.1) is 11.8 Å². The highest BCUT2D eigenvalue weighted by Gasteiger charge is 2.00. The molecule has 2 heteroatoms. The quantitative estimate of drug-likeness (QED) is 0.565. The number of carbonyl (C=O) groups excluding carboxylic acids is 1. The minimum atomic E-state index is 0.721. The van der Waals surface area contributed by atoms with Crippen LogP contribution >= 0.6 is 0 Å². The molecule has 1 aromatic heterocycles. The number of carbonyl (C=O) groups is 1. The van der Waals surface area contributed by atoms with E-state index < -0.39 is 0 Å². The molecule has 2 aromatic rings. The van der Waals surface area contributed by atoms with Crippen molar-refractivity contribution in [1.29, 1.82) is 0 Å². The van der Waals surface area contributed by atoms with E-state index in [9.17, 15) is 4.79 Å². The summed E-state index contributed by atoms with van der Waals surface area (Å²) in [5.41, 5.74) is 1.88. The first-order chi connectivity index (χ1) is 7.85. The maximum atomic E-state index is 10.6. The van der Waals surface area contributed by atoms with Gasteiger partial charge in [0.1, 0.15) is 6.29 Å². The van der Waals surface area contributed by atoms with Gasteiger partial charge in [0, 0.05) is 35.6 Å². The number of benzene rings is 1. The van der Waals surface area contributed by atoms with Crippen molar-refractivity contribution in [1.82, 2.24) is 4.57 Å². The lowest BCUT2D eigenvalue weighted by Gasteiger charge is -2.02. The number of aromatic nitrogens is 1. The van der Waals surface area contributed by atoms with E-state index in [0.717, 1.165) is 35.7 Å². The summed E-state index contributed by atoms with van der Waals surface area (Å²) in [4.78, 5) is 10.6. The molecule has 0 amide bonds. The van der Waals surface area contributed by atoms with Gasteiger partial charge in [0.05, 0.1) is 0 Å². The molecular formula is C14H13NO. The molecule has 0 spiro atoms. The summed E-state index contributed by atoms with van der Waals surface area (Å²) < 4.78 is 2.16. The number of fused-ring (bicyclic) bond motifs is 1. The molecule has 1 heterocycles. The molecule has 0 aliphatic heterocycles. The average Bonchev–Trinajstić information content (AvgIpc) is 2.72. The van der Waals surface area contributed by atoms with Crippen LogP contribution in [0.1, 0.15) is 23.7 Å². The van der Waals surface area contributed by atoms with Gasteiger partial charge >= 0.3 is 0 Å². The van der Waals surface area contributed by atoms with E-state index in [1.807, 2.05) is 37.4 Å². The van der Waals surface area contributed by atoms with E-state index in [0.29, 0.717) is 0 Å². The summed E-state index contributed by atoms with van der Waals surface area (Å²) in [6, 6.07) is 7.77. The zero-order chi connectivity index (χ0) is 11.4. The molecule has 1 aromatic carbocycles. The molecule has 0 bridgehead atoms. The van der Waals surface area contributed by atoms with Crippen LogP contribution in [0.3, 0.4) is 0 Å². The van der Waals surface area contributed by atoms with E-state index in [1.165, 1.54) is 0 Å². The average molecular weight is 211 g/mol. The van der Waals surface area contributed by atoms with Crippen molar-refractivity contribution in [2.75, 3.05) is 0 Å². The molecule has 0 saturated heterocycles. The maximum Gasteiger partial charge on any atom is 0.150 e. The van der Waals surface area contributed by atoms with E-state index in [1.54, 1.807) is 0 Å². The highest BCUT2D eigenvalue weighted by Crippen LogP contribution is 2.17. The molecule has 0 unspecified atom stereocenters. The molecule has 0 atom stereocenters. The Morgan fingerprint density at radius 2 is 2.25 bits per heavy atom. The number of hydrogen-bond acceptors (Lipinski definition) is 1. The van der Waals surface area contributed by atoms with Gasteiger partial charge in [-0.15, -0.1) is 11.8 Å². The Kier molecular flexibility index (Phi) is 3.07. The predicted molar refractivity (Wildman–Crippen MR) is 65.4 cm³/mol. The maximum absolute atomic E-state index is 10.6. The minimum absolute atomic E-state index is 0.721. The van der Waals surface area contributed by atoms with E-state index >= 15 is 0 Å². The van der Waals surface area contributed by atoms with Crippen LogP contribution in [-0.4, -0.2) is 10.9 Å². The van der Waals surface area contributed by atoms with Crippen molar-refractivity contribution >= 4 is 17.2 Å². The smallest absolute Gasteiger partial charge is 0.150 e. The van der Waals surface area contributed by atoms with Crippen molar-refractivity contribution < 1.29 is 4.79 Å². The third kappa shape index (κ3) is 1.99. The fourth-order valence-corrected chi connectivity index (χ4v) is 1.79. The van der Waals surface area contributed by atoms with E-state index in [-0.39, 0.29) is 0 Å². The minimum Gasteiger partial charge on any atom is -0.347 e. The van der Waals surface area contributed by atoms with Crippen LogP contribution in [0.25, 0.3) is 10.9 Å². The normalized spacial score (nSPS) is 9.81. The molecule has 0 aliphatic carbocycles. The van der Waals surface area contributed by atoms with Gasteiger partial charge in [0.15, 0.2) is 0 Å². The van der Waals surface area contributed by atoms with Crippen LogP contribution in [0.4, 0.5) is 0 Å². The summed E-state index contributed by atoms with van der Waals surface area (Å²) in [7, 11) is 0. The van der Waals surface area contributed by atoms with Crippen LogP contribution in [0.2, 0.25) is 0 Å². The number of aldehydes is 1. The Labute approximate surface area is 94.9 Å². The Bertz CT molecular complexity index is 569. The first-order valence-electron chi connectivity index (χ1n) is 5.29. The number of rotatable bonds is 3. The second-order valence-electron chi connectivity index (χ2n) is 3.62. The third-order valence-electron chi connectivity index (χ3n) is 2.59. The SMILES string of the molecule is CC#CCCn1ccc2cc(C=O)ccc21. The molecule has 80 valence electrons. The zero-order valence-electron chi connectivity index (χ0n) is 9.23. The molecule has 16 heavy (non-hydrogen) atoms. The van der Waals surface area contributed by atoms with Crippen molar-refractivity contribution in [2.24, 2.45) is 0 Å². The van der Waals surface area contributed by atoms with Crippen LogP contribution in [0.15, 0.2) is 30.5 Å². The van der Waals surface area contributed by atoms with Crippen molar-refractivity contribution in [3.63, 3.8) is 0 Å². The predicted octanol–water partition coefficient (Wildman–Crippen LogP) is 2.87. The molecular weight excluding hydrogens is 198 g/mol. The van der Waals surface area contributed by atoms with Crippen molar-refractivity contribution in [2.45, 2.75) is 19.9 Å². The summed E-state index contributed by atoms with van der Waals surface area (Å²) in [6.07, 6.45) is 3.77. The van der Waals surface area contributed by atoms with Gasteiger partial charge in [-0.25, -0.2) is 0 Å². The van der Waals surface area contributed by atoms with Gasteiger partial charge in [0.2, 0.25) is 0 Å². The van der Waals surface area contributed by atoms with E-state index in [4.69, 9.17) is 0 Å². The molecule has 0 aliphatic rings. The Balaban J connectivity index is 2.32.